The van der Waals surface area contributed by atoms with Crippen molar-refractivity contribution in [3.63, 3.8) is 0 Å². The summed E-state index contributed by atoms with van der Waals surface area (Å²) in [5, 5.41) is 1.13. The summed E-state index contributed by atoms with van der Waals surface area (Å²) in [6.45, 7) is 0. The van der Waals surface area contributed by atoms with Crippen LogP contribution < -0.4 is 10.9 Å². The van der Waals surface area contributed by atoms with E-state index in [1.807, 2.05) is 0 Å². The van der Waals surface area contributed by atoms with E-state index >= 15 is 0 Å². The Bertz CT molecular complexity index is 750. The van der Waals surface area contributed by atoms with Crippen LogP contribution in [-0.2, 0) is 0 Å². The normalized spacial score (nSPS) is 10.2. The van der Waals surface area contributed by atoms with Crippen LogP contribution in [0.15, 0.2) is 36.4 Å². The van der Waals surface area contributed by atoms with Crippen LogP contribution >= 0.6 is 46.4 Å². The maximum Gasteiger partial charge on any atom is 0.271 e. The van der Waals surface area contributed by atoms with Crippen LogP contribution in [-0.4, -0.2) is 11.8 Å². The molecule has 0 aromatic heterocycles. The molecule has 0 aliphatic rings. The zero-order valence-corrected chi connectivity index (χ0v) is 13.8. The molecular formula is C14H8Cl4N2O2. The van der Waals surface area contributed by atoms with E-state index in [4.69, 9.17) is 46.4 Å². The first-order valence-electron chi connectivity index (χ1n) is 5.89. The van der Waals surface area contributed by atoms with Crippen LogP contribution in [0.3, 0.4) is 0 Å². The quantitative estimate of drug-likeness (QED) is 0.763. The fourth-order valence-electron chi connectivity index (χ4n) is 1.56. The number of carbonyl (C=O) groups is 2. The van der Waals surface area contributed by atoms with Crippen molar-refractivity contribution in [2.45, 2.75) is 0 Å². The number of nitrogens with one attached hydrogen (secondary N) is 2. The summed E-state index contributed by atoms with van der Waals surface area (Å²) in [4.78, 5) is 23.9. The predicted octanol–water partition coefficient (Wildman–Crippen LogP) is 4.38. The minimum Gasteiger partial charge on any atom is -0.267 e. The highest BCUT2D eigenvalue weighted by molar-refractivity contribution is 6.42. The first-order valence-corrected chi connectivity index (χ1v) is 7.40. The molecule has 22 heavy (non-hydrogen) atoms. The summed E-state index contributed by atoms with van der Waals surface area (Å²) < 4.78 is 0. The van der Waals surface area contributed by atoms with Crippen molar-refractivity contribution in [3.8, 4) is 0 Å². The van der Waals surface area contributed by atoms with Gasteiger partial charge in [-0.15, -0.1) is 0 Å². The fraction of sp³-hybridized carbons (Fsp3) is 0. The average molecular weight is 378 g/mol. The van der Waals surface area contributed by atoms with E-state index in [-0.39, 0.29) is 21.2 Å². The molecule has 0 heterocycles. The standard InChI is InChI=1S/C14H8Cl4N2O2/c15-8-2-4-10(16)9(6-8)14(22)20-19-13(21)7-1-3-11(17)12(18)5-7/h1-6H,(H,19,21)(H,20,22). The molecule has 4 nitrogen and oxygen atoms in total. The number of carbonyl (C=O) groups excluding carboxylic acids is 2. The molecule has 114 valence electrons. The molecule has 2 rings (SSSR count). The SMILES string of the molecule is O=C(NNC(=O)c1cc(Cl)ccc1Cl)c1ccc(Cl)c(Cl)c1. The molecule has 0 fully saturated rings. The van der Waals surface area contributed by atoms with Crippen molar-refractivity contribution < 1.29 is 9.59 Å². The first kappa shape index (κ1) is 16.9. The lowest BCUT2D eigenvalue weighted by molar-refractivity contribution is 0.0847. The van der Waals surface area contributed by atoms with Gasteiger partial charge in [0.05, 0.1) is 20.6 Å². The zero-order valence-electron chi connectivity index (χ0n) is 10.8. The number of benzene rings is 2. The third-order valence-corrected chi connectivity index (χ3v) is 3.95. The lowest BCUT2D eigenvalue weighted by Crippen LogP contribution is -2.41. The van der Waals surface area contributed by atoms with Crippen LogP contribution in [0.25, 0.3) is 0 Å². The lowest BCUT2D eigenvalue weighted by Gasteiger charge is -2.09. The molecule has 0 aliphatic heterocycles. The molecule has 0 spiro atoms. The van der Waals surface area contributed by atoms with E-state index in [1.165, 1.54) is 30.3 Å². The number of rotatable bonds is 2. The molecule has 8 heteroatoms. The fourth-order valence-corrected chi connectivity index (χ4v) is 2.24. The van der Waals surface area contributed by atoms with Gasteiger partial charge in [-0.25, -0.2) is 0 Å². The number of hydrazine groups is 1. The molecule has 2 aromatic carbocycles. The monoisotopic (exact) mass is 376 g/mol. The summed E-state index contributed by atoms with van der Waals surface area (Å²) in [7, 11) is 0. The van der Waals surface area contributed by atoms with Gasteiger partial charge in [0.1, 0.15) is 0 Å². The van der Waals surface area contributed by atoms with Crippen molar-refractivity contribution in [1.29, 1.82) is 0 Å². The lowest BCUT2D eigenvalue weighted by atomic mass is 10.2. The number of hydrogen-bond donors (Lipinski definition) is 2. The molecular weight excluding hydrogens is 370 g/mol. The van der Waals surface area contributed by atoms with Crippen LogP contribution in [0.5, 0.6) is 0 Å². The predicted molar refractivity (Wildman–Crippen MR) is 87.9 cm³/mol. The van der Waals surface area contributed by atoms with E-state index in [9.17, 15) is 9.59 Å². The summed E-state index contributed by atoms with van der Waals surface area (Å²) >= 11 is 23.3. The highest BCUT2D eigenvalue weighted by atomic mass is 35.5. The zero-order chi connectivity index (χ0) is 16.3. The van der Waals surface area contributed by atoms with Gasteiger partial charge in [-0.05, 0) is 36.4 Å². The van der Waals surface area contributed by atoms with Gasteiger partial charge in [-0.1, -0.05) is 46.4 Å². The van der Waals surface area contributed by atoms with Crippen molar-refractivity contribution in [3.05, 3.63) is 67.6 Å². The van der Waals surface area contributed by atoms with Crippen molar-refractivity contribution in [2.24, 2.45) is 0 Å². The second-order valence-corrected chi connectivity index (χ2v) is 5.82. The van der Waals surface area contributed by atoms with Gasteiger partial charge in [0, 0.05) is 10.6 Å². The molecule has 2 N–H and O–H groups in total. The van der Waals surface area contributed by atoms with E-state index < -0.39 is 11.8 Å². The molecule has 0 radical (unpaired) electrons. The van der Waals surface area contributed by atoms with E-state index in [0.717, 1.165) is 0 Å². The van der Waals surface area contributed by atoms with Crippen LogP contribution in [0, 0.1) is 0 Å². The number of halogens is 4. The van der Waals surface area contributed by atoms with Crippen LogP contribution in [0.1, 0.15) is 20.7 Å². The van der Waals surface area contributed by atoms with Crippen LogP contribution in [0.4, 0.5) is 0 Å². The van der Waals surface area contributed by atoms with Gasteiger partial charge in [0.2, 0.25) is 0 Å². The van der Waals surface area contributed by atoms with Crippen LogP contribution in [0.2, 0.25) is 20.1 Å². The van der Waals surface area contributed by atoms with Gasteiger partial charge in [-0.3, -0.25) is 20.4 Å². The van der Waals surface area contributed by atoms with E-state index in [0.29, 0.717) is 10.0 Å². The number of hydrogen-bond acceptors (Lipinski definition) is 2. The Hall–Kier alpha value is -1.46. The van der Waals surface area contributed by atoms with E-state index in [1.54, 1.807) is 6.07 Å². The van der Waals surface area contributed by atoms with E-state index in [2.05, 4.69) is 10.9 Å². The summed E-state index contributed by atoms with van der Waals surface area (Å²) in [5.74, 6) is -1.15. The maximum atomic E-state index is 12.0. The molecule has 2 amide bonds. The van der Waals surface area contributed by atoms with Gasteiger partial charge in [-0.2, -0.15) is 0 Å². The maximum absolute atomic E-state index is 12.0. The second-order valence-electron chi connectivity index (χ2n) is 4.16. The molecule has 0 saturated heterocycles. The second kappa shape index (κ2) is 7.20. The largest absolute Gasteiger partial charge is 0.271 e. The third kappa shape index (κ3) is 4.05. The van der Waals surface area contributed by atoms with Crippen molar-refractivity contribution in [2.75, 3.05) is 0 Å². The first-order chi connectivity index (χ1) is 10.4. The highest BCUT2D eigenvalue weighted by Crippen LogP contribution is 2.22. The minimum atomic E-state index is -0.596. The Morgan fingerprint density at radius 2 is 1.36 bits per heavy atom. The summed E-state index contributed by atoms with van der Waals surface area (Å²) in [6.07, 6.45) is 0. The molecule has 0 saturated carbocycles. The Labute approximate surface area is 146 Å². The van der Waals surface area contributed by atoms with Crippen molar-refractivity contribution >= 4 is 58.2 Å². The average Bonchev–Trinajstić information content (AvgIpc) is 2.49. The molecule has 0 atom stereocenters. The molecule has 0 aliphatic carbocycles. The minimum absolute atomic E-state index is 0.142. The Kier molecular flexibility index (Phi) is 5.53. The molecule has 2 aromatic rings. The smallest absolute Gasteiger partial charge is 0.267 e. The highest BCUT2D eigenvalue weighted by Gasteiger charge is 2.13. The van der Waals surface area contributed by atoms with Gasteiger partial charge in [0.15, 0.2) is 0 Å². The van der Waals surface area contributed by atoms with Crippen molar-refractivity contribution in [1.82, 2.24) is 10.9 Å². The van der Waals surface area contributed by atoms with Gasteiger partial charge in [0.25, 0.3) is 11.8 Å². The molecule has 0 unspecified atom stereocenters. The Morgan fingerprint density at radius 1 is 0.727 bits per heavy atom. The Balaban J connectivity index is 2.05. The third-order valence-electron chi connectivity index (χ3n) is 2.64. The Morgan fingerprint density at radius 3 is 2.05 bits per heavy atom. The molecule has 0 bridgehead atoms. The summed E-state index contributed by atoms with van der Waals surface area (Å²) in [5.41, 5.74) is 4.88. The van der Waals surface area contributed by atoms with Gasteiger partial charge >= 0.3 is 0 Å². The topological polar surface area (TPSA) is 58.2 Å². The summed E-state index contributed by atoms with van der Waals surface area (Å²) in [6, 6.07) is 8.77. The van der Waals surface area contributed by atoms with Gasteiger partial charge < -0.3 is 0 Å². The number of amides is 2.